The van der Waals surface area contributed by atoms with E-state index in [1.54, 1.807) is 0 Å². The second-order valence-corrected chi connectivity index (χ2v) is 4.37. The predicted molar refractivity (Wildman–Crippen MR) is 55.3 cm³/mol. The molecule has 0 fully saturated rings. The molecule has 1 heterocycles. The van der Waals surface area contributed by atoms with E-state index < -0.39 is 0 Å². The molecule has 0 aromatic carbocycles. The largest absolute Gasteiger partial charge is 0.292 e. The van der Waals surface area contributed by atoms with Crippen molar-refractivity contribution in [3.8, 4) is 0 Å². The zero-order valence-corrected chi connectivity index (χ0v) is 9.15. The summed E-state index contributed by atoms with van der Waals surface area (Å²) in [5.74, 6) is 0.303. The fourth-order valence-corrected chi connectivity index (χ4v) is 1.90. The number of hydrogen-bond acceptors (Lipinski definition) is 3. The number of Topliss-reactive ketones (excluding diaryl/α,β-unsaturated/α-hetero) is 1. The summed E-state index contributed by atoms with van der Waals surface area (Å²) in [7, 11) is 0. The van der Waals surface area contributed by atoms with Gasteiger partial charge >= 0.3 is 0 Å². The monoisotopic (exact) mass is 197 g/mol. The highest BCUT2D eigenvalue weighted by Gasteiger charge is 2.16. The highest BCUT2D eigenvalue weighted by molar-refractivity contribution is 7.09. The third-order valence-corrected chi connectivity index (χ3v) is 2.81. The summed E-state index contributed by atoms with van der Waals surface area (Å²) in [6.07, 6.45) is 2.01. The number of carbonyl (C=O) groups excluding carboxylic acids is 1. The van der Waals surface area contributed by atoms with Crippen molar-refractivity contribution in [2.24, 2.45) is 5.92 Å². The summed E-state index contributed by atoms with van der Waals surface area (Å²) in [4.78, 5) is 15.9. The van der Waals surface area contributed by atoms with E-state index in [1.807, 2.05) is 19.2 Å². The Morgan fingerprint density at radius 2 is 2.38 bits per heavy atom. The zero-order valence-electron chi connectivity index (χ0n) is 8.33. The Balaban J connectivity index is 2.67. The van der Waals surface area contributed by atoms with Gasteiger partial charge in [-0.2, -0.15) is 0 Å². The summed E-state index contributed by atoms with van der Waals surface area (Å²) in [6, 6.07) is 0. The fourth-order valence-electron chi connectivity index (χ4n) is 1.29. The van der Waals surface area contributed by atoms with Crippen molar-refractivity contribution in [1.29, 1.82) is 0 Å². The van der Waals surface area contributed by atoms with Crippen molar-refractivity contribution < 1.29 is 4.79 Å². The zero-order chi connectivity index (χ0) is 9.84. The predicted octanol–water partition coefficient (Wildman–Crippen LogP) is 3.07. The van der Waals surface area contributed by atoms with Gasteiger partial charge in [0.1, 0.15) is 5.69 Å². The molecule has 1 atom stereocenters. The minimum absolute atomic E-state index is 0.117. The molecule has 0 spiro atoms. The van der Waals surface area contributed by atoms with Gasteiger partial charge in [-0.05, 0) is 13.3 Å². The topological polar surface area (TPSA) is 30.0 Å². The first kappa shape index (κ1) is 10.4. The number of aromatic nitrogens is 1. The van der Waals surface area contributed by atoms with Crippen LogP contribution in [0.3, 0.4) is 0 Å². The van der Waals surface area contributed by atoms with Gasteiger partial charge in [-0.1, -0.05) is 20.3 Å². The van der Waals surface area contributed by atoms with E-state index in [-0.39, 0.29) is 11.7 Å². The molecule has 0 bridgehead atoms. The maximum Gasteiger partial charge on any atom is 0.184 e. The van der Waals surface area contributed by atoms with Crippen LogP contribution < -0.4 is 0 Å². The first-order valence-corrected chi connectivity index (χ1v) is 5.49. The molecule has 13 heavy (non-hydrogen) atoms. The number of rotatable bonds is 4. The summed E-state index contributed by atoms with van der Waals surface area (Å²) >= 11 is 1.54. The lowest BCUT2D eigenvalue weighted by Crippen LogP contribution is -2.11. The Morgan fingerprint density at radius 3 is 2.85 bits per heavy atom. The van der Waals surface area contributed by atoms with Crippen molar-refractivity contribution in [1.82, 2.24) is 4.98 Å². The molecular weight excluding hydrogens is 182 g/mol. The van der Waals surface area contributed by atoms with Crippen LogP contribution in [-0.2, 0) is 0 Å². The Bertz CT molecular complexity index is 293. The van der Waals surface area contributed by atoms with Gasteiger partial charge in [-0.3, -0.25) is 4.79 Å². The van der Waals surface area contributed by atoms with Crippen LogP contribution in [0.5, 0.6) is 0 Å². The minimum atomic E-state index is 0.117. The van der Waals surface area contributed by atoms with E-state index in [9.17, 15) is 4.79 Å². The molecule has 0 aliphatic carbocycles. The molecule has 0 aliphatic rings. The molecule has 72 valence electrons. The van der Waals surface area contributed by atoms with E-state index in [4.69, 9.17) is 0 Å². The average molecular weight is 197 g/mol. The SMILES string of the molecule is CCCC(C)C(=O)c1csc(C)n1. The lowest BCUT2D eigenvalue weighted by atomic mass is 9.99. The van der Waals surface area contributed by atoms with Crippen LogP contribution in [0.25, 0.3) is 0 Å². The van der Waals surface area contributed by atoms with Gasteiger partial charge in [0.05, 0.1) is 5.01 Å². The highest BCUT2D eigenvalue weighted by Crippen LogP contribution is 2.15. The van der Waals surface area contributed by atoms with Crippen molar-refractivity contribution in [2.75, 3.05) is 0 Å². The van der Waals surface area contributed by atoms with Crippen LogP contribution in [0.15, 0.2) is 5.38 Å². The van der Waals surface area contributed by atoms with Crippen molar-refractivity contribution in [3.05, 3.63) is 16.1 Å². The molecule has 0 radical (unpaired) electrons. The van der Waals surface area contributed by atoms with Crippen LogP contribution in [-0.4, -0.2) is 10.8 Å². The summed E-state index contributed by atoms with van der Waals surface area (Å²) < 4.78 is 0. The van der Waals surface area contributed by atoms with E-state index in [2.05, 4.69) is 11.9 Å². The quantitative estimate of drug-likeness (QED) is 0.694. The van der Waals surface area contributed by atoms with Crippen LogP contribution in [0, 0.1) is 12.8 Å². The van der Waals surface area contributed by atoms with Crippen LogP contribution >= 0.6 is 11.3 Å². The molecule has 2 nitrogen and oxygen atoms in total. The first-order valence-electron chi connectivity index (χ1n) is 4.61. The first-order chi connectivity index (χ1) is 6.15. The average Bonchev–Trinajstić information content (AvgIpc) is 2.51. The molecule has 0 saturated heterocycles. The third kappa shape index (κ3) is 2.62. The molecular formula is C10H15NOS. The molecule has 1 rings (SSSR count). The fraction of sp³-hybridized carbons (Fsp3) is 0.600. The number of carbonyl (C=O) groups is 1. The number of hydrogen-bond donors (Lipinski definition) is 0. The third-order valence-electron chi connectivity index (χ3n) is 2.04. The standard InChI is InChI=1S/C10H15NOS/c1-4-5-7(2)10(12)9-6-13-8(3)11-9/h6-7H,4-5H2,1-3H3. The lowest BCUT2D eigenvalue weighted by molar-refractivity contribution is 0.0919. The maximum absolute atomic E-state index is 11.7. The maximum atomic E-state index is 11.7. The van der Waals surface area contributed by atoms with Crippen molar-refractivity contribution in [2.45, 2.75) is 33.6 Å². The van der Waals surface area contributed by atoms with E-state index in [0.717, 1.165) is 17.8 Å². The van der Waals surface area contributed by atoms with Gasteiger partial charge in [0.15, 0.2) is 5.78 Å². The molecule has 0 aliphatic heterocycles. The van der Waals surface area contributed by atoms with Gasteiger partial charge in [0, 0.05) is 11.3 Å². The van der Waals surface area contributed by atoms with E-state index >= 15 is 0 Å². The Morgan fingerprint density at radius 1 is 1.69 bits per heavy atom. The molecule has 1 aromatic rings. The second kappa shape index (κ2) is 4.51. The smallest absolute Gasteiger partial charge is 0.184 e. The van der Waals surface area contributed by atoms with Crippen LogP contribution in [0.1, 0.15) is 42.2 Å². The minimum Gasteiger partial charge on any atom is -0.292 e. The number of thiazole rings is 1. The van der Waals surface area contributed by atoms with Crippen molar-refractivity contribution >= 4 is 17.1 Å². The Kier molecular flexibility index (Phi) is 3.60. The number of ketones is 1. The second-order valence-electron chi connectivity index (χ2n) is 3.31. The summed E-state index contributed by atoms with van der Waals surface area (Å²) in [5.41, 5.74) is 0.642. The van der Waals surface area contributed by atoms with E-state index in [1.165, 1.54) is 11.3 Å². The lowest BCUT2D eigenvalue weighted by Gasteiger charge is -2.05. The van der Waals surface area contributed by atoms with Crippen LogP contribution in [0.2, 0.25) is 0 Å². The van der Waals surface area contributed by atoms with E-state index in [0.29, 0.717) is 5.69 Å². The van der Waals surface area contributed by atoms with Gasteiger partial charge in [-0.15, -0.1) is 11.3 Å². The molecule has 0 amide bonds. The molecule has 1 aromatic heterocycles. The molecule has 1 unspecified atom stereocenters. The van der Waals surface area contributed by atoms with Gasteiger partial charge in [0.25, 0.3) is 0 Å². The van der Waals surface area contributed by atoms with Crippen LogP contribution in [0.4, 0.5) is 0 Å². The van der Waals surface area contributed by atoms with Gasteiger partial charge < -0.3 is 0 Å². The Labute approximate surface area is 83.0 Å². The highest BCUT2D eigenvalue weighted by atomic mass is 32.1. The number of aryl methyl sites for hydroxylation is 1. The van der Waals surface area contributed by atoms with Crippen molar-refractivity contribution in [3.63, 3.8) is 0 Å². The number of nitrogens with zero attached hydrogens (tertiary/aromatic N) is 1. The Hall–Kier alpha value is -0.700. The molecule has 0 saturated carbocycles. The molecule has 0 N–H and O–H groups in total. The van der Waals surface area contributed by atoms with Gasteiger partial charge in [-0.25, -0.2) is 4.98 Å². The summed E-state index contributed by atoms with van der Waals surface area (Å²) in [5, 5.41) is 2.82. The summed E-state index contributed by atoms with van der Waals surface area (Å²) in [6.45, 7) is 5.99. The normalized spacial score (nSPS) is 12.8. The van der Waals surface area contributed by atoms with Gasteiger partial charge in [0.2, 0.25) is 0 Å². The molecule has 3 heteroatoms.